The van der Waals surface area contributed by atoms with Gasteiger partial charge in [0.1, 0.15) is 11.4 Å². The fraction of sp³-hybridized carbons (Fsp3) is 0.286. The van der Waals surface area contributed by atoms with Crippen LogP contribution < -0.4 is 10.3 Å². The number of pyridine rings is 1. The third-order valence-electron chi connectivity index (χ3n) is 1.70. The van der Waals surface area contributed by atoms with Gasteiger partial charge in [-0.15, -0.1) is 0 Å². The van der Waals surface area contributed by atoms with Crippen molar-refractivity contribution in [2.75, 3.05) is 7.11 Å². The van der Waals surface area contributed by atoms with E-state index < -0.39 is 37.4 Å². The lowest BCUT2D eigenvalue weighted by molar-refractivity contribution is 0.141. The highest BCUT2D eigenvalue weighted by atomic mass is 35.7. The van der Waals surface area contributed by atoms with E-state index in [0.29, 0.717) is 6.07 Å². The molecule has 0 aliphatic carbocycles. The normalized spacial score (nSPS) is 11.8. The first-order valence-corrected chi connectivity index (χ1v) is 6.12. The molecule has 5 nitrogen and oxygen atoms in total. The minimum atomic E-state index is -4.30. The smallest absolute Gasteiger partial charge is 0.281 e. The van der Waals surface area contributed by atoms with Crippen LogP contribution in [0.25, 0.3) is 0 Å². The van der Waals surface area contributed by atoms with Gasteiger partial charge in [-0.25, -0.2) is 17.2 Å². The lowest BCUT2D eigenvalue weighted by Crippen LogP contribution is -2.17. The number of hydrogen-bond acceptors (Lipinski definition) is 4. The molecule has 0 fully saturated rings. The van der Waals surface area contributed by atoms with Gasteiger partial charge in [0.05, 0.1) is 7.11 Å². The van der Waals surface area contributed by atoms with E-state index in [1.165, 1.54) is 0 Å². The van der Waals surface area contributed by atoms with Crippen molar-refractivity contribution in [1.29, 1.82) is 0 Å². The van der Waals surface area contributed by atoms with Crippen LogP contribution in [-0.2, 0) is 9.05 Å². The van der Waals surface area contributed by atoms with E-state index in [4.69, 9.17) is 10.7 Å². The molecule has 0 saturated heterocycles. The van der Waals surface area contributed by atoms with Crippen LogP contribution in [0.3, 0.4) is 0 Å². The number of alkyl halides is 2. The zero-order valence-corrected chi connectivity index (χ0v) is 9.40. The van der Waals surface area contributed by atoms with Crippen molar-refractivity contribution in [1.82, 2.24) is 4.98 Å². The van der Waals surface area contributed by atoms with Crippen LogP contribution >= 0.6 is 10.7 Å². The molecule has 1 N–H and O–H groups in total. The largest absolute Gasteiger partial charge is 0.495 e. The number of halogens is 3. The molecule has 0 aliphatic heterocycles. The van der Waals surface area contributed by atoms with Gasteiger partial charge in [-0.3, -0.25) is 4.79 Å². The number of aromatic nitrogens is 1. The first kappa shape index (κ1) is 12.9. The molecule has 90 valence electrons. The topological polar surface area (TPSA) is 76.2 Å². The van der Waals surface area contributed by atoms with Crippen LogP contribution in [0.15, 0.2) is 15.8 Å². The summed E-state index contributed by atoms with van der Waals surface area (Å²) < 4.78 is 51.1. The number of rotatable bonds is 3. The number of nitrogens with one attached hydrogen (secondary N) is 1. The Balaban J connectivity index is 3.56. The van der Waals surface area contributed by atoms with Gasteiger partial charge in [0.2, 0.25) is 0 Å². The molecule has 0 unspecified atom stereocenters. The van der Waals surface area contributed by atoms with Crippen molar-refractivity contribution in [3.05, 3.63) is 22.1 Å². The number of ether oxygens (including phenoxy) is 1. The highest BCUT2D eigenvalue weighted by Crippen LogP contribution is 2.27. The highest BCUT2D eigenvalue weighted by molar-refractivity contribution is 8.13. The molecule has 16 heavy (non-hydrogen) atoms. The molecule has 0 amide bonds. The minimum Gasteiger partial charge on any atom is -0.495 e. The summed E-state index contributed by atoms with van der Waals surface area (Å²) in [6, 6.07) is 0.655. The van der Waals surface area contributed by atoms with E-state index in [1.807, 2.05) is 0 Å². The van der Waals surface area contributed by atoms with Gasteiger partial charge in [-0.1, -0.05) is 0 Å². The summed E-state index contributed by atoms with van der Waals surface area (Å²) in [6.07, 6.45) is -2.99. The molecular weight excluding hydrogens is 268 g/mol. The summed E-state index contributed by atoms with van der Waals surface area (Å²) >= 11 is 0. The molecule has 1 heterocycles. The monoisotopic (exact) mass is 273 g/mol. The van der Waals surface area contributed by atoms with Gasteiger partial charge in [-0.2, -0.15) is 0 Å². The average Bonchev–Trinajstić information content (AvgIpc) is 2.15. The van der Waals surface area contributed by atoms with E-state index in [-0.39, 0.29) is 0 Å². The Hall–Kier alpha value is -1.15. The van der Waals surface area contributed by atoms with Crippen LogP contribution in [0.4, 0.5) is 8.78 Å². The summed E-state index contributed by atoms with van der Waals surface area (Å²) in [5, 5.41) is 0. The van der Waals surface area contributed by atoms with E-state index >= 15 is 0 Å². The fourth-order valence-electron chi connectivity index (χ4n) is 1.02. The van der Waals surface area contributed by atoms with E-state index in [0.717, 1.165) is 7.11 Å². The summed E-state index contributed by atoms with van der Waals surface area (Å²) in [4.78, 5) is 12.0. The summed E-state index contributed by atoms with van der Waals surface area (Å²) in [7, 11) is 1.69. The Morgan fingerprint density at radius 3 is 2.44 bits per heavy atom. The maximum Gasteiger partial charge on any atom is 0.281 e. The second-order valence-electron chi connectivity index (χ2n) is 2.68. The van der Waals surface area contributed by atoms with Gasteiger partial charge in [0, 0.05) is 16.7 Å². The number of methoxy groups -OCH3 is 1. The van der Waals surface area contributed by atoms with E-state index in [2.05, 4.69) is 4.74 Å². The fourth-order valence-corrected chi connectivity index (χ4v) is 1.88. The van der Waals surface area contributed by atoms with Crippen LogP contribution in [-0.4, -0.2) is 20.5 Å². The molecule has 0 radical (unpaired) electrons. The highest BCUT2D eigenvalue weighted by Gasteiger charge is 2.22. The van der Waals surface area contributed by atoms with Gasteiger partial charge in [-0.05, 0) is 0 Å². The first-order chi connectivity index (χ1) is 7.27. The molecule has 0 saturated carbocycles. The first-order valence-electron chi connectivity index (χ1n) is 3.81. The van der Waals surface area contributed by atoms with Crippen LogP contribution in [0.1, 0.15) is 12.1 Å². The van der Waals surface area contributed by atoms with Crippen molar-refractivity contribution in [2.45, 2.75) is 11.3 Å². The van der Waals surface area contributed by atoms with Crippen molar-refractivity contribution in [2.24, 2.45) is 0 Å². The van der Waals surface area contributed by atoms with E-state index in [1.54, 1.807) is 4.98 Å². The second-order valence-corrected chi connectivity index (χ2v) is 5.22. The molecule has 1 aromatic heterocycles. The summed E-state index contributed by atoms with van der Waals surface area (Å²) in [5.41, 5.74) is -2.01. The van der Waals surface area contributed by atoms with Crippen molar-refractivity contribution >= 4 is 19.7 Å². The number of H-pyrrole nitrogens is 1. The summed E-state index contributed by atoms with van der Waals surface area (Å²) in [5.74, 6) is -0.450. The number of aromatic amines is 1. The van der Waals surface area contributed by atoms with E-state index in [9.17, 15) is 22.0 Å². The summed E-state index contributed by atoms with van der Waals surface area (Å²) in [6.45, 7) is 0. The predicted molar refractivity (Wildman–Crippen MR) is 51.6 cm³/mol. The van der Waals surface area contributed by atoms with Crippen molar-refractivity contribution < 1.29 is 21.9 Å². The van der Waals surface area contributed by atoms with Crippen molar-refractivity contribution in [3.8, 4) is 5.75 Å². The van der Waals surface area contributed by atoms with Gasteiger partial charge in [0.25, 0.3) is 21.0 Å². The Kier molecular flexibility index (Phi) is 3.54. The molecule has 0 aromatic carbocycles. The van der Waals surface area contributed by atoms with Gasteiger partial charge >= 0.3 is 0 Å². The average molecular weight is 274 g/mol. The zero-order chi connectivity index (χ0) is 12.5. The predicted octanol–water partition coefficient (Wildman–Crippen LogP) is 1.25. The Labute approximate surface area is 93.4 Å². The Morgan fingerprint density at radius 1 is 1.50 bits per heavy atom. The minimum absolute atomic E-state index is 0.450. The SMILES string of the molecule is COc1cc(S(=O)(=O)Cl)c(=O)[nH]c1C(F)F. The molecule has 0 atom stereocenters. The maximum absolute atomic E-state index is 12.4. The van der Waals surface area contributed by atoms with Crippen LogP contribution in [0, 0.1) is 0 Å². The molecule has 0 bridgehead atoms. The van der Waals surface area contributed by atoms with Crippen LogP contribution in [0.5, 0.6) is 5.75 Å². The van der Waals surface area contributed by atoms with Crippen LogP contribution in [0.2, 0.25) is 0 Å². The quantitative estimate of drug-likeness (QED) is 0.841. The molecule has 1 aromatic rings. The zero-order valence-electron chi connectivity index (χ0n) is 7.83. The van der Waals surface area contributed by atoms with Crippen molar-refractivity contribution in [3.63, 3.8) is 0 Å². The number of hydrogen-bond donors (Lipinski definition) is 1. The molecule has 0 spiro atoms. The lowest BCUT2D eigenvalue weighted by Gasteiger charge is -2.07. The Morgan fingerprint density at radius 2 is 2.06 bits per heavy atom. The Bertz CT molecular complexity index is 554. The standard InChI is InChI=1S/C7H6ClF2NO4S/c1-15-3-2-4(16(8,13)14)7(12)11-5(3)6(9)10/h2,6H,1H3,(H,11,12). The molecule has 9 heteroatoms. The lowest BCUT2D eigenvalue weighted by atomic mass is 10.3. The third kappa shape index (κ3) is 2.50. The van der Waals surface area contributed by atoms with Gasteiger partial charge in [0.15, 0.2) is 4.90 Å². The van der Waals surface area contributed by atoms with Gasteiger partial charge < -0.3 is 9.72 Å². The molecular formula is C7H6ClF2NO4S. The molecule has 0 aliphatic rings. The third-order valence-corrected chi connectivity index (χ3v) is 3.03. The second kappa shape index (κ2) is 4.38. The molecule has 1 rings (SSSR count). The maximum atomic E-state index is 12.4.